The van der Waals surface area contributed by atoms with Crippen LogP contribution in [0.1, 0.15) is 0 Å². The summed E-state index contributed by atoms with van der Waals surface area (Å²) < 4.78 is 52.8. The van der Waals surface area contributed by atoms with Crippen molar-refractivity contribution in [1.82, 2.24) is 4.98 Å². The molecule has 0 amide bonds. The maximum absolute atomic E-state index is 13.5. The molecule has 0 saturated heterocycles. The van der Waals surface area contributed by atoms with Crippen molar-refractivity contribution < 1.29 is 17.2 Å². The zero-order chi connectivity index (χ0) is 15.6. The maximum Gasteiger partial charge on any atom is 0.264 e. The lowest BCUT2D eigenvalue weighted by molar-refractivity contribution is 0.555. The number of aromatic nitrogens is 1. The third-order valence-corrected chi connectivity index (χ3v) is 4.04. The van der Waals surface area contributed by atoms with Gasteiger partial charge in [0.05, 0.1) is 11.9 Å². The summed E-state index contributed by atoms with van der Waals surface area (Å²) in [4.78, 5) is 5.02. The number of nitrogens with zero attached hydrogens (tertiary/aromatic N) is 2. The van der Waals surface area contributed by atoms with Crippen LogP contribution in [0.4, 0.5) is 20.3 Å². The molecule has 5 nitrogen and oxygen atoms in total. The SMILES string of the molecule is CN(C)c1ccc(NS(=O)(=O)c2cc(F)ccc2F)cn1. The first-order chi connectivity index (χ1) is 9.79. The smallest absolute Gasteiger partial charge is 0.264 e. The van der Waals surface area contributed by atoms with Gasteiger partial charge >= 0.3 is 0 Å². The van der Waals surface area contributed by atoms with E-state index in [1.165, 1.54) is 12.3 Å². The summed E-state index contributed by atoms with van der Waals surface area (Å²) in [5, 5.41) is 0. The zero-order valence-corrected chi connectivity index (χ0v) is 12.2. The van der Waals surface area contributed by atoms with E-state index in [0.717, 1.165) is 12.1 Å². The predicted octanol–water partition coefficient (Wildman–Crippen LogP) is 2.23. The number of hydrogen-bond acceptors (Lipinski definition) is 4. The molecule has 0 radical (unpaired) electrons. The van der Waals surface area contributed by atoms with Crippen LogP contribution in [-0.4, -0.2) is 27.5 Å². The molecule has 1 aromatic heterocycles. The molecule has 21 heavy (non-hydrogen) atoms. The van der Waals surface area contributed by atoms with Crippen molar-refractivity contribution in [2.75, 3.05) is 23.7 Å². The van der Waals surface area contributed by atoms with Crippen molar-refractivity contribution >= 4 is 21.5 Å². The molecule has 0 unspecified atom stereocenters. The van der Waals surface area contributed by atoms with E-state index >= 15 is 0 Å². The van der Waals surface area contributed by atoms with Gasteiger partial charge < -0.3 is 4.90 Å². The highest BCUT2D eigenvalue weighted by atomic mass is 32.2. The fourth-order valence-corrected chi connectivity index (χ4v) is 2.74. The number of rotatable bonds is 4. The summed E-state index contributed by atoms with van der Waals surface area (Å²) >= 11 is 0. The number of benzene rings is 1. The first-order valence-electron chi connectivity index (χ1n) is 5.91. The molecule has 2 aromatic rings. The molecule has 0 aliphatic rings. The molecule has 1 aromatic carbocycles. The first kappa shape index (κ1) is 15.2. The summed E-state index contributed by atoms with van der Waals surface area (Å²) in [6, 6.07) is 5.31. The van der Waals surface area contributed by atoms with Crippen molar-refractivity contribution in [2.24, 2.45) is 0 Å². The van der Waals surface area contributed by atoms with Gasteiger partial charge in [0.2, 0.25) is 0 Å². The highest BCUT2D eigenvalue weighted by molar-refractivity contribution is 7.92. The van der Waals surface area contributed by atoms with Crippen LogP contribution in [0.5, 0.6) is 0 Å². The lowest BCUT2D eigenvalue weighted by atomic mass is 10.3. The Morgan fingerprint density at radius 3 is 2.43 bits per heavy atom. The molecular formula is C13H13F2N3O2S. The van der Waals surface area contributed by atoms with Gasteiger partial charge in [0.1, 0.15) is 22.3 Å². The van der Waals surface area contributed by atoms with Gasteiger partial charge in [-0.15, -0.1) is 0 Å². The Balaban J connectivity index is 2.31. The molecule has 1 N–H and O–H groups in total. The lowest BCUT2D eigenvalue weighted by Gasteiger charge is -2.12. The Hall–Kier alpha value is -2.22. The normalized spacial score (nSPS) is 11.2. The number of hydrogen-bond donors (Lipinski definition) is 1. The van der Waals surface area contributed by atoms with E-state index in [1.54, 1.807) is 25.1 Å². The Morgan fingerprint density at radius 2 is 1.86 bits per heavy atom. The van der Waals surface area contributed by atoms with Crippen molar-refractivity contribution in [3.05, 3.63) is 48.2 Å². The van der Waals surface area contributed by atoms with Gasteiger partial charge in [-0.05, 0) is 30.3 Å². The van der Waals surface area contributed by atoms with Gasteiger partial charge in [0.25, 0.3) is 10.0 Å². The molecule has 1 heterocycles. The molecule has 0 saturated carbocycles. The van der Waals surface area contributed by atoms with Crippen LogP contribution in [0.2, 0.25) is 0 Å². The van der Waals surface area contributed by atoms with Gasteiger partial charge in [0, 0.05) is 14.1 Å². The van der Waals surface area contributed by atoms with Crippen LogP contribution in [0.3, 0.4) is 0 Å². The molecule has 0 bridgehead atoms. The monoisotopic (exact) mass is 313 g/mol. The van der Waals surface area contributed by atoms with Crippen LogP contribution in [0.15, 0.2) is 41.4 Å². The Labute approximate surface area is 121 Å². The van der Waals surface area contributed by atoms with Crippen molar-refractivity contribution in [1.29, 1.82) is 0 Å². The van der Waals surface area contributed by atoms with Gasteiger partial charge in [-0.2, -0.15) is 0 Å². The van der Waals surface area contributed by atoms with Crippen LogP contribution in [0, 0.1) is 11.6 Å². The fraction of sp³-hybridized carbons (Fsp3) is 0.154. The number of pyridine rings is 1. The van der Waals surface area contributed by atoms with Crippen LogP contribution >= 0.6 is 0 Å². The van der Waals surface area contributed by atoms with Crippen molar-refractivity contribution in [3.8, 4) is 0 Å². The van der Waals surface area contributed by atoms with Crippen LogP contribution < -0.4 is 9.62 Å². The highest BCUT2D eigenvalue weighted by Crippen LogP contribution is 2.20. The molecule has 0 aliphatic carbocycles. The van der Waals surface area contributed by atoms with E-state index in [1.807, 2.05) is 0 Å². The van der Waals surface area contributed by atoms with Gasteiger partial charge in [-0.1, -0.05) is 0 Å². The second-order valence-electron chi connectivity index (χ2n) is 4.48. The predicted molar refractivity (Wildman–Crippen MR) is 75.7 cm³/mol. The largest absolute Gasteiger partial charge is 0.363 e. The highest BCUT2D eigenvalue weighted by Gasteiger charge is 2.20. The lowest BCUT2D eigenvalue weighted by Crippen LogP contribution is -2.16. The van der Waals surface area contributed by atoms with E-state index in [0.29, 0.717) is 11.9 Å². The van der Waals surface area contributed by atoms with Crippen LogP contribution in [-0.2, 0) is 10.0 Å². The topological polar surface area (TPSA) is 62.3 Å². The third-order valence-electron chi connectivity index (χ3n) is 2.64. The standard InChI is InChI=1S/C13H13F2N3O2S/c1-18(2)13-6-4-10(8-16-13)17-21(19,20)12-7-9(14)3-5-11(12)15/h3-8,17H,1-2H3. The summed E-state index contributed by atoms with van der Waals surface area (Å²) in [6.45, 7) is 0. The third kappa shape index (κ3) is 3.46. The van der Waals surface area contributed by atoms with E-state index in [9.17, 15) is 17.2 Å². The summed E-state index contributed by atoms with van der Waals surface area (Å²) in [5.41, 5.74) is 0.157. The van der Waals surface area contributed by atoms with E-state index in [4.69, 9.17) is 0 Å². The first-order valence-corrected chi connectivity index (χ1v) is 7.39. The number of anilines is 2. The average Bonchev–Trinajstić information content (AvgIpc) is 2.41. The molecule has 0 aliphatic heterocycles. The zero-order valence-electron chi connectivity index (χ0n) is 11.3. The molecular weight excluding hydrogens is 300 g/mol. The molecule has 0 fully saturated rings. The number of nitrogens with one attached hydrogen (secondary N) is 1. The molecule has 0 atom stereocenters. The summed E-state index contributed by atoms with van der Waals surface area (Å²) in [5.74, 6) is -1.23. The summed E-state index contributed by atoms with van der Waals surface area (Å²) in [6.07, 6.45) is 1.30. The van der Waals surface area contributed by atoms with Gasteiger partial charge in [0.15, 0.2) is 0 Å². The Morgan fingerprint density at radius 1 is 1.14 bits per heavy atom. The number of sulfonamides is 1. The van der Waals surface area contributed by atoms with E-state index in [-0.39, 0.29) is 5.69 Å². The van der Waals surface area contributed by atoms with Gasteiger partial charge in [-0.25, -0.2) is 22.2 Å². The molecule has 2 rings (SSSR count). The quantitative estimate of drug-likeness (QED) is 0.940. The van der Waals surface area contributed by atoms with E-state index in [2.05, 4.69) is 9.71 Å². The minimum Gasteiger partial charge on any atom is -0.363 e. The van der Waals surface area contributed by atoms with Crippen molar-refractivity contribution in [3.63, 3.8) is 0 Å². The fourth-order valence-electron chi connectivity index (χ4n) is 1.60. The van der Waals surface area contributed by atoms with Gasteiger partial charge in [-0.3, -0.25) is 4.72 Å². The second-order valence-corrected chi connectivity index (χ2v) is 6.13. The number of halogens is 2. The summed E-state index contributed by atoms with van der Waals surface area (Å²) in [7, 11) is -0.646. The average molecular weight is 313 g/mol. The Kier molecular flexibility index (Phi) is 4.08. The molecule has 112 valence electrons. The van der Waals surface area contributed by atoms with E-state index < -0.39 is 26.6 Å². The second kappa shape index (κ2) is 5.65. The minimum atomic E-state index is -4.22. The minimum absolute atomic E-state index is 0.157. The molecule has 0 spiro atoms. The maximum atomic E-state index is 13.5. The molecule has 8 heteroatoms. The van der Waals surface area contributed by atoms with Crippen LogP contribution in [0.25, 0.3) is 0 Å². The van der Waals surface area contributed by atoms with Crippen molar-refractivity contribution in [2.45, 2.75) is 4.90 Å². The Bertz CT molecular complexity index is 747.